The van der Waals surface area contributed by atoms with Crippen LogP contribution in [-0.4, -0.2) is 0 Å². The van der Waals surface area contributed by atoms with Crippen LogP contribution >= 0.6 is 38.9 Å². The van der Waals surface area contributed by atoms with Crippen molar-refractivity contribution in [2.75, 3.05) is 0 Å². The Hall–Kier alpha value is 0.470. The average molecular weight is 254 g/mol. The van der Waals surface area contributed by atoms with E-state index in [1.165, 1.54) is 18.4 Å². The molecule has 0 aromatic carbocycles. The Morgan fingerprint density at radius 1 is 1.64 bits per heavy atom. The van der Waals surface area contributed by atoms with Crippen LogP contribution in [0, 0.1) is 0 Å². The summed E-state index contributed by atoms with van der Waals surface area (Å²) >= 11 is 11.0. The van der Waals surface area contributed by atoms with Crippen LogP contribution in [-0.2, 0) is 6.42 Å². The summed E-state index contributed by atoms with van der Waals surface area (Å²) in [4.78, 5) is 0. The normalized spacial score (nSPS) is 10.5. The number of halogens is 2. The van der Waals surface area contributed by atoms with Gasteiger partial charge in [-0.2, -0.15) is 0 Å². The van der Waals surface area contributed by atoms with Gasteiger partial charge in [0, 0.05) is 0 Å². The van der Waals surface area contributed by atoms with E-state index in [-0.39, 0.29) is 0 Å². The Balaban J connectivity index is 2.62. The number of aryl methyl sites for hydroxylation is 1. The van der Waals surface area contributed by atoms with E-state index in [1.54, 1.807) is 11.3 Å². The number of hydrogen-bond donors (Lipinski definition) is 0. The van der Waals surface area contributed by atoms with Gasteiger partial charge in [-0.25, -0.2) is 0 Å². The number of hydrogen-bond acceptors (Lipinski definition) is 1. The fourth-order valence-electron chi connectivity index (χ4n) is 0.912. The molecule has 0 spiro atoms. The quantitative estimate of drug-likeness (QED) is 0.744. The Labute approximate surface area is 84.7 Å². The number of thiophene rings is 1. The van der Waals surface area contributed by atoms with Gasteiger partial charge in [-0.05, 0) is 40.4 Å². The van der Waals surface area contributed by atoms with Gasteiger partial charge < -0.3 is 0 Å². The van der Waals surface area contributed by atoms with E-state index >= 15 is 0 Å². The van der Waals surface area contributed by atoms with Gasteiger partial charge in [0.05, 0.1) is 8.12 Å². The van der Waals surface area contributed by atoms with Gasteiger partial charge in [-0.1, -0.05) is 24.9 Å². The Kier molecular flexibility index (Phi) is 3.90. The van der Waals surface area contributed by atoms with E-state index in [1.807, 2.05) is 0 Å². The highest BCUT2D eigenvalue weighted by Gasteiger charge is 2.03. The molecule has 1 aromatic rings. The number of unbranched alkanes of at least 4 members (excludes halogenated alkanes) is 1. The van der Waals surface area contributed by atoms with Crippen LogP contribution in [0.5, 0.6) is 0 Å². The van der Waals surface area contributed by atoms with Gasteiger partial charge in [0.15, 0.2) is 0 Å². The van der Waals surface area contributed by atoms with Crippen molar-refractivity contribution in [2.45, 2.75) is 26.2 Å². The maximum Gasteiger partial charge on any atom is 0.0972 e. The molecule has 0 aliphatic carbocycles. The van der Waals surface area contributed by atoms with Crippen molar-refractivity contribution in [3.05, 3.63) is 19.8 Å². The van der Waals surface area contributed by atoms with Crippen molar-refractivity contribution in [3.8, 4) is 0 Å². The largest absolute Gasteiger partial charge is 0.116 e. The van der Waals surface area contributed by atoms with E-state index in [0.29, 0.717) is 0 Å². The van der Waals surface area contributed by atoms with Crippen LogP contribution in [0.25, 0.3) is 0 Å². The molecule has 0 saturated heterocycles. The molecule has 11 heavy (non-hydrogen) atoms. The SMILES string of the molecule is CCCCc1cc(Br)sc1Cl. The molecule has 0 nitrogen and oxygen atoms in total. The molecule has 0 aliphatic heterocycles. The second kappa shape index (κ2) is 4.48. The topological polar surface area (TPSA) is 0 Å². The summed E-state index contributed by atoms with van der Waals surface area (Å²) in [5.41, 5.74) is 1.28. The van der Waals surface area contributed by atoms with Crippen LogP contribution in [0.2, 0.25) is 4.34 Å². The minimum atomic E-state index is 0.935. The summed E-state index contributed by atoms with van der Waals surface area (Å²) in [7, 11) is 0. The van der Waals surface area contributed by atoms with Crippen molar-refractivity contribution in [2.24, 2.45) is 0 Å². The summed E-state index contributed by atoms with van der Waals surface area (Å²) < 4.78 is 2.07. The zero-order chi connectivity index (χ0) is 8.27. The van der Waals surface area contributed by atoms with Crippen molar-refractivity contribution < 1.29 is 0 Å². The van der Waals surface area contributed by atoms with Crippen molar-refractivity contribution >= 4 is 38.9 Å². The fourth-order valence-corrected chi connectivity index (χ4v) is 3.02. The molecule has 0 N–H and O–H groups in total. The predicted molar refractivity (Wildman–Crippen MR) is 55.6 cm³/mol. The van der Waals surface area contributed by atoms with E-state index in [4.69, 9.17) is 11.6 Å². The van der Waals surface area contributed by atoms with Crippen LogP contribution in [0.1, 0.15) is 25.3 Å². The van der Waals surface area contributed by atoms with Crippen LogP contribution in [0.3, 0.4) is 0 Å². The first kappa shape index (κ1) is 9.56. The molecular formula is C8H10BrClS. The summed E-state index contributed by atoms with van der Waals surface area (Å²) in [5, 5.41) is 0. The third-order valence-corrected chi connectivity index (χ3v) is 3.47. The predicted octanol–water partition coefficient (Wildman–Crippen LogP) is 4.51. The maximum absolute atomic E-state index is 5.97. The fraction of sp³-hybridized carbons (Fsp3) is 0.500. The minimum Gasteiger partial charge on any atom is -0.116 e. The molecule has 62 valence electrons. The van der Waals surface area contributed by atoms with Crippen molar-refractivity contribution in [1.82, 2.24) is 0 Å². The average Bonchev–Trinajstić information content (AvgIpc) is 2.26. The third-order valence-electron chi connectivity index (χ3n) is 1.53. The molecule has 0 saturated carbocycles. The summed E-state index contributed by atoms with van der Waals surface area (Å²) in [6.45, 7) is 2.19. The van der Waals surface area contributed by atoms with Gasteiger partial charge in [0.2, 0.25) is 0 Å². The molecule has 1 aromatic heterocycles. The lowest BCUT2D eigenvalue weighted by Crippen LogP contribution is -1.79. The molecule has 0 amide bonds. The zero-order valence-corrected chi connectivity index (χ0v) is 9.52. The molecule has 0 atom stereocenters. The van der Waals surface area contributed by atoms with Gasteiger partial charge in [0.25, 0.3) is 0 Å². The van der Waals surface area contributed by atoms with Gasteiger partial charge >= 0.3 is 0 Å². The van der Waals surface area contributed by atoms with Crippen LogP contribution in [0.4, 0.5) is 0 Å². The van der Waals surface area contributed by atoms with E-state index < -0.39 is 0 Å². The van der Waals surface area contributed by atoms with Crippen LogP contribution in [0.15, 0.2) is 9.85 Å². The molecule has 0 unspecified atom stereocenters. The van der Waals surface area contributed by atoms with E-state index in [2.05, 4.69) is 28.9 Å². The minimum absolute atomic E-state index is 0.935. The van der Waals surface area contributed by atoms with Gasteiger partial charge in [0.1, 0.15) is 0 Å². The highest BCUT2D eigenvalue weighted by Crippen LogP contribution is 2.32. The second-order valence-corrected chi connectivity index (χ2v) is 5.49. The molecule has 1 rings (SSSR count). The molecule has 0 radical (unpaired) electrons. The first-order valence-corrected chi connectivity index (χ1v) is 5.66. The van der Waals surface area contributed by atoms with Crippen molar-refractivity contribution in [3.63, 3.8) is 0 Å². The lowest BCUT2D eigenvalue weighted by Gasteiger charge is -1.93. The highest BCUT2D eigenvalue weighted by molar-refractivity contribution is 9.11. The Morgan fingerprint density at radius 3 is 2.82 bits per heavy atom. The monoisotopic (exact) mass is 252 g/mol. The van der Waals surface area contributed by atoms with Gasteiger partial charge in [-0.3, -0.25) is 0 Å². The Morgan fingerprint density at radius 2 is 2.36 bits per heavy atom. The third kappa shape index (κ3) is 2.77. The summed E-state index contributed by atoms with van der Waals surface area (Å²) in [5.74, 6) is 0. The van der Waals surface area contributed by atoms with Crippen LogP contribution < -0.4 is 0 Å². The maximum atomic E-state index is 5.97. The van der Waals surface area contributed by atoms with Gasteiger partial charge in [-0.15, -0.1) is 11.3 Å². The lowest BCUT2D eigenvalue weighted by molar-refractivity contribution is 0.797. The summed E-state index contributed by atoms with van der Waals surface area (Å²) in [6.07, 6.45) is 3.56. The molecule has 0 bridgehead atoms. The lowest BCUT2D eigenvalue weighted by atomic mass is 10.2. The second-order valence-electron chi connectivity index (χ2n) is 2.45. The molecular weight excluding hydrogens is 244 g/mol. The first-order valence-electron chi connectivity index (χ1n) is 3.67. The summed E-state index contributed by atoms with van der Waals surface area (Å²) in [6, 6.07) is 2.11. The number of rotatable bonds is 3. The smallest absolute Gasteiger partial charge is 0.0972 e. The first-order chi connectivity index (χ1) is 5.24. The molecule has 1 heterocycles. The molecule has 0 aliphatic rings. The Bertz CT molecular complexity index is 232. The van der Waals surface area contributed by atoms with E-state index in [0.717, 1.165) is 14.5 Å². The molecule has 3 heteroatoms. The van der Waals surface area contributed by atoms with E-state index in [9.17, 15) is 0 Å². The standard InChI is InChI=1S/C8H10BrClS/c1-2-3-4-6-5-7(9)11-8(6)10/h5H,2-4H2,1H3. The van der Waals surface area contributed by atoms with Crippen molar-refractivity contribution in [1.29, 1.82) is 0 Å². The highest BCUT2D eigenvalue weighted by atomic mass is 79.9. The molecule has 0 fully saturated rings. The zero-order valence-electron chi connectivity index (χ0n) is 6.36.